The van der Waals surface area contributed by atoms with Gasteiger partial charge in [-0.3, -0.25) is 4.79 Å². The molecule has 0 bridgehead atoms. The van der Waals surface area contributed by atoms with Gasteiger partial charge in [-0.05, 0) is 12.5 Å². The maximum absolute atomic E-state index is 11.9. The molecule has 0 radical (unpaired) electrons. The fourth-order valence-corrected chi connectivity index (χ4v) is 1.56. The van der Waals surface area contributed by atoms with Gasteiger partial charge < -0.3 is 15.6 Å². The fourth-order valence-electron chi connectivity index (χ4n) is 1.56. The number of hydrogen-bond donors (Lipinski definition) is 2. The van der Waals surface area contributed by atoms with Gasteiger partial charge in [0.05, 0.1) is 12.1 Å². The Kier molecular flexibility index (Phi) is 4.63. The summed E-state index contributed by atoms with van der Waals surface area (Å²) in [7, 11) is 0. The summed E-state index contributed by atoms with van der Waals surface area (Å²) >= 11 is 0. The summed E-state index contributed by atoms with van der Waals surface area (Å²) in [6.45, 7) is 2.10. The third-order valence-corrected chi connectivity index (χ3v) is 2.31. The molecule has 102 valence electrons. The van der Waals surface area contributed by atoms with Gasteiger partial charge in [0.15, 0.2) is 0 Å². The van der Waals surface area contributed by atoms with E-state index in [1.165, 1.54) is 6.07 Å². The molecule has 0 aromatic carbocycles. The number of carbonyl (C=O) groups is 1. The number of nitrogens with zero attached hydrogens (tertiary/aromatic N) is 1. The summed E-state index contributed by atoms with van der Waals surface area (Å²) in [5.74, 6) is -0.538. The topological polar surface area (TPSA) is 60.0 Å². The Balaban J connectivity index is 2.61. The van der Waals surface area contributed by atoms with Gasteiger partial charge in [-0.2, -0.15) is 13.2 Å². The molecular formula is C11H16F3N3O. The standard InChI is InChI=1S/C11H16F3N3O/c1-2-5-17-7-8(15)6-9(17)10(18)16-4-3-11(12,13)14/h6-7H,2-5,15H2,1H3,(H,16,18). The number of rotatable bonds is 5. The minimum atomic E-state index is -4.27. The number of aryl methyl sites for hydroxylation is 1. The second-order valence-electron chi connectivity index (χ2n) is 3.97. The average Bonchev–Trinajstić information content (AvgIpc) is 2.58. The zero-order chi connectivity index (χ0) is 13.8. The number of carbonyl (C=O) groups excluding carboxylic acids is 1. The molecule has 0 aliphatic rings. The molecule has 18 heavy (non-hydrogen) atoms. The zero-order valence-electron chi connectivity index (χ0n) is 10.0. The monoisotopic (exact) mass is 263 g/mol. The van der Waals surface area contributed by atoms with Crippen molar-refractivity contribution in [3.8, 4) is 0 Å². The smallest absolute Gasteiger partial charge is 0.390 e. The third kappa shape index (κ3) is 4.31. The lowest BCUT2D eigenvalue weighted by atomic mass is 10.3. The van der Waals surface area contributed by atoms with Crippen molar-refractivity contribution in [1.82, 2.24) is 9.88 Å². The van der Waals surface area contributed by atoms with Crippen LogP contribution in [0.4, 0.5) is 18.9 Å². The average molecular weight is 263 g/mol. The number of hydrogen-bond acceptors (Lipinski definition) is 2. The minimum Gasteiger partial charge on any atom is -0.397 e. The van der Waals surface area contributed by atoms with Crippen LogP contribution in [-0.2, 0) is 6.54 Å². The van der Waals surface area contributed by atoms with Crippen LogP contribution in [0.25, 0.3) is 0 Å². The molecular weight excluding hydrogens is 247 g/mol. The van der Waals surface area contributed by atoms with Crippen LogP contribution in [0, 0.1) is 0 Å². The van der Waals surface area contributed by atoms with E-state index in [1.54, 1.807) is 10.8 Å². The van der Waals surface area contributed by atoms with E-state index in [4.69, 9.17) is 5.73 Å². The number of halogens is 3. The van der Waals surface area contributed by atoms with Crippen molar-refractivity contribution in [3.05, 3.63) is 18.0 Å². The number of nitrogens with two attached hydrogens (primary N) is 1. The summed E-state index contributed by atoms with van der Waals surface area (Å²) in [4.78, 5) is 11.7. The van der Waals surface area contributed by atoms with Gasteiger partial charge in [0.1, 0.15) is 5.69 Å². The molecule has 0 aliphatic heterocycles. The first-order chi connectivity index (χ1) is 8.33. The molecule has 1 heterocycles. The fraction of sp³-hybridized carbons (Fsp3) is 0.545. The first-order valence-electron chi connectivity index (χ1n) is 5.64. The molecule has 0 spiro atoms. The van der Waals surface area contributed by atoms with E-state index in [0.717, 1.165) is 6.42 Å². The van der Waals surface area contributed by atoms with Gasteiger partial charge in [-0.15, -0.1) is 0 Å². The molecule has 0 fully saturated rings. The highest BCUT2D eigenvalue weighted by Gasteiger charge is 2.26. The van der Waals surface area contributed by atoms with Crippen LogP contribution in [-0.4, -0.2) is 23.2 Å². The maximum atomic E-state index is 11.9. The van der Waals surface area contributed by atoms with Crippen molar-refractivity contribution in [2.45, 2.75) is 32.5 Å². The van der Waals surface area contributed by atoms with E-state index in [-0.39, 0.29) is 5.69 Å². The van der Waals surface area contributed by atoms with Crippen LogP contribution in [0.3, 0.4) is 0 Å². The molecule has 1 aromatic rings. The summed E-state index contributed by atoms with van der Waals surface area (Å²) < 4.78 is 37.4. The molecule has 4 nitrogen and oxygen atoms in total. The molecule has 1 rings (SSSR count). The van der Waals surface area contributed by atoms with E-state index < -0.39 is 25.0 Å². The lowest BCUT2D eigenvalue weighted by Crippen LogP contribution is -2.29. The van der Waals surface area contributed by atoms with E-state index in [9.17, 15) is 18.0 Å². The van der Waals surface area contributed by atoms with E-state index in [0.29, 0.717) is 12.2 Å². The lowest BCUT2D eigenvalue weighted by molar-refractivity contribution is -0.132. The van der Waals surface area contributed by atoms with Gasteiger partial charge in [0, 0.05) is 19.3 Å². The summed E-state index contributed by atoms with van der Waals surface area (Å²) in [5.41, 5.74) is 6.27. The van der Waals surface area contributed by atoms with Crippen molar-refractivity contribution in [3.63, 3.8) is 0 Å². The van der Waals surface area contributed by atoms with Crippen molar-refractivity contribution in [1.29, 1.82) is 0 Å². The molecule has 0 saturated carbocycles. The van der Waals surface area contributed by atoms with Crippen LogP contribution in [0.5, 0.6) is 0 Å². The lowest BCUT2D eigenvalue weighted by Gasteiger charge is -2.09. The van der Waals surface area contributed by atoms with Crippen LogP contribution in [0.1, 0.15) is 30.3 Å². The van der Waals surface area contributed by atoms with Gasteiger partial charge in [-0.1, -0.05) is 6.92 Å². The molecule has 7 heteroatoms. The largest absolute Gasteiger partial charge is 0.397 e. The first-order valence-corrected chi connectivity index (χ1v) is 5.64. The molecule has 0 atom stereocenters. The van der Waals surface area contributed by atoms with Gasteiger partial charge in [-0.25, -0.2) is 0 Å². The van der Waals surface area contributed by atoms with Crippen molar-refractivity contribution in [2.75, 3.05) is 12.3 Å². The SMILES string of the molecule is CCCn1cc(N)cc1C(=O)NCCC(F)(F)F. The normalized spacial score (nSPS) is 11.6. The van der Waals surface area contributed by atoms with Crippen LogP contribution in [0.15, 0.2) is 12.3 Å². The Morgan fingerprint density at radius 1 is 1.50 bits per heavy atom. The molecule has 1 amide bonds. The van der Waals surface area contributed by atoms with Crippen LogP contribution in [0.2, 0.25) is 0 Å². The molecule has 0 unspecified atom stereocenters. The minimum absolute atomic E-state index is 0.288. The van der Waals surface area contributed by atoms with Crippen molar-refractivity contribution < 1.29 is 18.0 Å². The summed E-state index contributed by atoms with van der Waals surface area (Å²) in [6.07, 6.45) is -2.90. The van der Waals surface area contributed by atoms with Crippen molar-refractivity contribution in [2.24, 2.45) is 0 Å². The maximum Gasteiger partial charge on any atom is 0.390 e. The Labute approximate surface area is 103 Å². The van der Waals surface area contributed by atoms with Gasteiger partial charge in [0.2, 0.25) is 0 Å². The Bertz CT molecular complexity index is 412. The number of aromatic nitrogens is 1. The van der Waals surface area contributed by atoms with Gasteiger partial charge in [0.25, 0.3) is 5.91 Å². The third-order valence-electron chi connectivity index (χ3n) is 2.31. The number of amides is 1. The predicted molar refractivity (Wildman–Crippen MR) is 62.1 cm³/mol. The number of nitrogen functional groups attached to an aromatic ring is 1. The highest BCUT2D eigenvalue weighted by Crippen LogP contribution is 2.18. The number of nitrogens with one attached hydrogen (secondary N) is 1. The molecule has 0 saturated heterocycles. The Morgan fingerprint density at radius 3 is 2.72 bits per heavy atom. The summed E-state index contributed by atoms with van der Waals surface area (Å²) in [5, 5.41) is 2.23. The van der Waals surface area contributed by atoms with E-state index >= 15 is 0 Å². The second kappa shape index (κ2) is 5.79. The summed E-state index contributed by atoms with van der Waals surface area (Å²) in [6, 6.07) is 1.46. The Hall–Kier alpha value is -1.66. The molecule has 0 aliphatic carbocycles. The Morgan fingerprint density at radius 2 is 2.17 bits per heavy atom. The predicted octanol–water partition coefficient (Wildman–Crippen LogP) is 2.16. The van der Waals surface area contributed by atoms with Crippen molar-refractivity contribution >= 4 is 11.6 Å². The number of alkyl halides is 3. The van der Waals surface area contributed by atoms with Crippen LogP contribution >= 0.6 is 0 Å². The highest BCUT2D eigenvalue weighted by molar-refractivity contribution is 5.93. The van der Waals surface area contributed by atoms with E-state index in [2.05, 4.69) is 5.32 Å². The number of anilines is 1. The second-order valence-corrected chi connectivity index (χ2v) is 3.97. The van der Waals surface area contributed by atoms with E-state index in [1.807, 2.05) is 6.92 Å². The quantitative estimate of drug-likeness (QED) is 0.855. The van der Waals surface area contributed by atoms with Gasteiger partial charge >= 0.3 is 6.18 Å². The molecule has 1 aromatic heterocycles. The highest BCUT2D eigenvalue weighted by atomic mass is 19.4. The van der Waals surface area contributed by atoms with Crippen LogP contribution < -0.4 is 11.1 Å². The first kappa shape index (κ1) is 14.4. The molecule has 3 N–H and O–H groups in total. The zero-order valence-corrected chi connectivity index (χ0v) is 10.0.